The van der Waals surface area contributed by atoms with Crippen LogP contribution in [0.2, 0.25) is 0 Å². The molecule has 1 aromatic carbocycles. The minimum Gasteiger partial charge on any atom is -0.361 e. The first-order valence-electron chi connectivity index (χ1n) is 10.1. The number of fused-ring (bicyclic) bond motifs is 1. The molecule has 1 aliphatic heterocycles. The zero-order valence-electron chi connectivity index (χ0n) is 16.7. The summed E-state index contributed by atoms with van der Waals surface area (Å²) in [6.45, 7) is 3.56. The Kier molecular flexibility index (Phi) is 5.93. The van der Waals surface area contributed by atoms with E-state index in [1.165, 1.54) is 18.9 Å². The first kappa shape index (κ1) is 19.2. The molecule has 0 aliphatic carbocycles. The number of aromatic nitrogens is 2. The van der Waals surface area contributed by atoms with Gasteiger partial charge in [0.15, 0.2) is 5.96 Å². The van der Waals surface area contributed by atoms with E-state index in [0.717, 1.165) is 53.3 Å². The van der Waals surface area contributed by atoms with Crippen LogP contribution in [-0.4, -0.2) is 42.6 Å². The minimum absolute atomic E-state index is 0.215. The van der Waals surface area contributed by atoms with Crippen LogP contribution >= 0.6 is 0 Å². The molecule has 3 N–H and O–H groups in total. The van der Waals surface area contributed by atoms with Crippen LogP contribution in [0.4, 0.5) is 10.2 Å². The Labute approximate surface area is 170 Å². The second-order valence-electron chi connectivity index (χ2n) is 7.33. The number of pyridine rings is 1. The molecule has 4 rings (SSSR count). The predicted molar refractivity (Wildman–Crippen MR) is 116 cm³/mol. The summed E-state index contributed by atoms with van der Waals surface area (Å²) in [6, 6.07) is 9.02. The largest absolute Gasteiger partial charge is 0.361 e. The van der Waals surface area contributed by atoms with Crippen LogP contribution in [0.25, 0.3) is 10.9 Å². The third-order valence-corrected chi connectivity index (χ3v) is 5.34. The molecule has 0 radical (unpaired) electrons. The number of rotatable bonds is 6. The van der Waals surface area contributed by atoms with Crippen LogP contribution in [0.5, 0.6) is 0 Å². The zero-order chi connectivity index (χ0) is 20.1. The number of nitrogens with zero attached hydrogens (tertiary/aromatic N) is 3. The molecule has 0 saturated carbocycles. The van der Waals surface area contributed by atoms with Gasteiger partial charge in [0.1, 0.15) is 11.6 Å². The number of H-pyrrole nitrogens is 1. The number of aliphatic imine (C=N–C) groups is 1. The smallest absolute Gasteiger partial charge is 0.191 e. The summed E-state index contributed by atoms with van der Waals surface area (Å²) >= 11 is 0. The van der Waals surface area contributed by atoms with Crippen LogP contribution < -0.4 is 15.5 Å². The highest BCUT2D eigenvalue weighted by Gasteiger charge is 2.13. The second-order valence-corrected chi connectivity index (χ2v) is 7.33. The van der Waals surface area contributed by atoms with Crippen molar-refractivity contribution in [1.82, 2.24) is 20.6 Å². The molecule has 29 heavy (non-hydrogen) atoms. The van der Waals surface area contributed by atoms with Gasteiger partial charge in [-0.05, 0) is 54.7 Å². The quantitative estimate of drug-likeness (QED) is 0.444. The van der Waals surface area contributed by atoms with E-state index >= 15 is 0 Å². The molecule has 0 spiro atoms. The number of hydrogen-bond donors (Lipinski definition) is 3. The Bertz CT molecular complexity index is 973. The predicted octanol–water partition coefficient (Wildman–Crippen LogP) is 3.21. The Balaban J connectivity index is 1.26. The summed E-state index contributed by atoms with van der Waals surface area (Å²) in [7, 11) is 1.76. The van der Waals surface area contributed by atoms with Gasteiger partial charge in [0.25, 0.3) is 0 Å². The van der Waals surface area contributed by atoms with Gasteiger partial charge in [-0.1, -0.05) is 6.07 Å². The van der Waals surface area contributed by atoms with E-state index in [1.807, 2.05) is 12.4 Å². The summed E-state index contributed by atoms with van der Waals surface area (Å²) < 4.78 is 13.5. The zero-order valence-corrected chi connectivity index (χ0v) is 16.7. The molecule has 0 amide bonds. The van der Waals surface area contributed by atoms with Crippen molar-refractivity contribution in [2.24, 2.45) is 4.99 Å². The van der Waals surface area contributed by atoms with E-state index in [1.54, 1.807) is 19.2 Å². The van der Waals surface area contributed by atoms with Crippen molar-refractivity contribution in [3.63, 3.8) is 0 Å². The van der Waals surface area contributed by atoms with E-state index in [4.69, 9.17) is 0 Å². The van der Waals surface area contributed by atoms with Gasteiger partial charge >= 0.3 is 0 Å². The number of nitrogens with one attached hydrogen (secondary N) is 3. The summed E-state index contributed by atoms with van der Waals surface area (Å²) in [6.07, 6.45) is 7.14. The molecule has 0 atom stereocenters. The van der Waals surface area contributed by atoms with Crippen molar-refractivity contribution in [3.05, 3.63) is 59.7 Å². The lowest BCUT2D eigenvalue weighted by molar-refractivity contribution is 0.629. The van der Waals surface area contributed by atoms with Gasteiger partial charge < -0.3 is 20.5 Å². The maximum absolute atomic E-state index is 13.5. The third-order valence-electron chi connectivity index (χ3n) is 5.34. The van der Waals surface area contributed by atoms with Gasteiger partial charge in [0.05, 0.1) is 0 Å². The van der Waals surface area contributed by atoms with Gasteiger partial charge in [0, 0.05) is 56.5 Å². The van der Waals surface area contributed by atoms with Crippen LogP contribution in [0.15, 0.2) is 47.7 Å². The normalized spacial score (nSPS) is 14.6. The molecule has 0 bridgehead atoms. The van der Waals surface area contributed by atoms with Gasteiger partial charge in [0.2, 0.25) is 0 Å². The molecule has 0 unspecified atom stereocenters. The highest BCUT2D eigenvalue weighted by molar-refractivity contribution is 5.83. The minimum atomic E-state index is -0.215. The standard InChI is InChI=1S/C22H27FN6/c1-24-22(25-9-8-17-15-26-20-6-5-18(23)12-19(17)20)28-14-16-4-7-21(27-13-16)29-10-2-3-11-29/h4-7,12-13,15,26H,2-3,8-11,14H2,1H3,(H2,24,25,28). The summed E-state index contributed by atoms with van der Waals surface area (Å²) in [4.78, 5) is 14.4. The van der Waals surface area contributed by atoms with Gasteiger partial charge in [-0.3, -0.25) is 4.99 Å². The van der Waals surface area contributed by atoms with Crippen molar-refractivity contribution in [1.29, 1.82) is 0 Å². The van der Waals surface area contributed by atoms with Crippen molar-refractivity contribution in [2.45, 2.75) is 25.8 Å². The van der Waals surface area contributed by atoms with Crippen LogP contribution in [0.1, 0.15) is 24.0 Å². The molecular formula is C22H27FN6. The van der Waals surface area contributed by atoms with Crippen molar-refractivity contribution < 1.29 is 4.39 Å². The Morgan fingerprint density at radius 2 is 2.07 bits per heavy atom. The lowest BCUT2D eigenvalue weighted by Crippen LogP contribution is -2.37. The number of halogens is 1. The van der Waals surface area contributed by atoms with Crippen molar-refractivity contribution in [2.75, 3.05) is 31.6 Å². The van der Waals surface area contributed by atoms with Crippen LogP contribution in [0.3, 0.4) is 0 Å². The summed E-state index contributed by atoms with van der Waals surface area (Å²) in [5.74, 6) is 1.58. The lowest BCUT2D eigenvalue weighted by Gasteiger charge is -2.16. The van der Waals surface area contributed by atoms with Crippen LogP contribution in [-0.2, 0) is 13.0 Å². The molecule has 3 aromatic rings. The molecule has 1 saturated heterocycles. The van der Waals surface area contributed by atoms with E-state index in [2.05, 4.69) is 42.6 Å². The molecule has 1 aliphatic rings. The molecule has 2 aromatic heterocycles. The number of guanidine groups is 1. The average molecular weight is 394 g/mol. The fourth-order valence-corrected chi connectivity index (χ4v) is 3.73. The maximum atomic E-state index is 13.5. The SMILES string of the molecule is CN=C(NCCc1c[nH]c2ccc(F)cc12)NCc1ccc(N2CCCC2)nc1. The Hall–Kier alpha value is -3.09. The van der Waals surface area contributed by atoms with E-state index < -0.39 is 0 Å². The van der Waals surface area contributed by atoms with E-state index in [-0.39, 0.29) is 5.82 Å². The lowest BCUT2D eigenvalue weighted by atomic mass is 10.1. The molecule has 6 nitrogen and oxygen atoms in total. The van der Waals surface area contributed by atoms with Gasteiger partial charge in [-0.2, -0.15) is 0 Å². The van der Waals surface area contributed by atoms with E-state index in [0.29, 0.717) is 13.1 Å². The fraction of sp³-hybridized carbons (Fsp3) is 0.364. The molecular weight excluding hydrogens is 367 g/mol. The maximum Gasteiger partial charge on any atom is 0.191 e. The van der Waals surface area contributed by atoms with Gasteiger partial charge in [-0.25, -0.2) is 9.37 Å². The first-order chi connectivity index (χ1) is 14.2. The highest BCUT2D eigenvalue weighted by Crippen LogP contribution is 2.20. The molecule has 3 heterocycles. The number of benzene rings is 1. The first-order valence-corrected chi connectivity index (χ1v) is 10.1. The number of hydrogen-bond acceptors (Lipinski definition) is 3. The summed E-state index contributed by atoms with van der Waals surface area (Å²) in [5.41, 5.74) is 3.15. The number of aromatic amines is 1. The average Bonchev–Trinajstić information content (AvgIpc) is 3.41. The second kappa shape index (κ2) is 8.94. The Morgan fingerprint density at radius 3 is 2.83 bits per heavy atom. The third kappa shape index (κ3) is 4.67. The highest BCUT2D eigenvalue weighted by atomic mass is 19.1. The van der Waals surface area contributed by atoms with Crippen molar-refractivity contribution in [3.8, 4) is 0 Å². The topological polar surface area (TPSA) is 68.3 Å². The molecule has 152 valence electrons. The van der Waals surface area contributed by atoms with Crippen LogP contribution in [0, 0.1) is 5.82 Å². The Morgan fingerprint density at radius 1 is 1.21 bits per heavy atom. The molecule has 1 fully saturated rings. The summed E-state index contributed by atoms with van der Waals surface area (Å²) in [5, 5.41) is 7.56. The molecule has 7 heteroatoms. The fourth-order valence-electron chi connectivity index (χ4n) is 3.73. The monoisotopic (exact) mass is 394 g/mol. The van der Waals surface area contributed by atoms with Gasteiger partial charge in [-0.15, -0.1) is 0 Å². The van der Waals surface area contributed by atoms with E-state index in [9.17, 15) is 4.39 Å². The number of anilines is 1. The van der Waals surface area contributed by atoms with Crippen molar-refractivity contribution >= 4 is 22.7 Å².